The van der Waals surface area contributed by atoms with E-state index in [1.165, 1.54) is 12.1 Å². The molecule has 0 bridgehead atoms. The molecule has 0 aliphatic carbocycles. The van der Waals surface area contributed by atoms with Gasteiger partial charge in [0.2, 0.25) is 0 Å². The standard InChI is InChI=1S/C11H9ClFNO2/c1-2-16-11(15)8-4-3-7(6-14)9(5-12)10(8)13/h3-4H,2,5H2,1H3. The van der Waals surface area contributed by atoms with Crippen LogP contribution in [0.25, 0.3) is 0 Å². The fourth-order valence-electron chi connectivity index (χ4n) is 1.22. The lowest BCUT2D eigenvalue weighted by atomic mass is 10.0. The fourth-order valence-corrected chi connectivity index (χ4v) is 1.48. The zero-order valence-electron chi connectivity index (χ0n) is 8.59. The predicted octanol–water partition coefficient (Wildman–Crippen LogP) is 2.61. The van der Waals surface area contributed by atoms with Gasteiger partial charge in [0.1, 0.15) is 5.82 Å². The van der Waals surface area contributed by atoms with Crippen LogP contribution >= 0.6 is 11.6 Å². The van der Waals surface area contributed by atoms with E-state index in [1.807, 2.05) is 6.07 Å². The first-order valence-electron chi connectivity index (χ1n) is 4.60. The van der Waals surface area contributed by atoms with Crippen LogP contribution in [0.4, 0.5) is 4.39 Å². The van der Waals surface area contributed by atoms with E-state index in [1.54, 1.807) is 6.92 Å². The molecule has 1 rings (SSSR count). The lowest BCUT2D eigenvalue weighted by Gasteiger charge is -2.07. The Bertz CT molecular complexity index is 454. The van der Waals surface area contributed by atoms with Gasteiger partial charge in [0, 0.05) is 5.56 Å². The number of nitrogens with zero attached hydrogens (tertiary/aromatic N) is 1. The predicted molar refractivity (Wildman–Crippen MR) is 56.6 cm³/mol. The number of benzene rings is 1. The molecule has 3 nitrogen and oxygen atoms in total. The first-order chi connectivity index (χ1) is 7.65. The highest BCUT2D eigenvalue weighted by atomic mass is 35.5. The SMILES string of the molecule is CCOC(=O)c1ccc(C#N)c(CCl)c1F. The zero-order valence-corrected chi connectivity index (χ0v) is 9.34. The Balaban J connectivity index is 3.25. The molecule has 0 aliphatic heterocycles. The Morgan fingerprint density at radius 3 is 2.81 bits per heavy atom. The summed E-state index contributed by atoms with van der Waals surface area (Å²) in [5.74, 6) is -1.70. The molecule has 0 atom stereocenters. The van der Waals surface area contributed by atoms with Gasteiger partial charge in [-0.3, -0.25) is 0 Å². The maximum Gasteiger partial charge on any atom is 0.341 e. The summed E-state index contributed by atoms with van der Waals surface area (Å²) in [7, 11) is 0. The van der Waals surface area contributed by atoms with Crippen molar-refractivity contribution in [2.45, 2.75) is 12.8 Å². The van der Waals surface area contributed by atoms with Crippen molar-refractivity contribution in [2.24, 2.45) is 0 Å². The van der Waals surface area contributed by atoms with Gasteiger partial charge in [-0.25, -0.2) is 9.18 Å². The van der Waals surface area contributed by atoms with E-state index in [-0.39, 0.29) is 29.2 Å². The summed E-state index contributed by atoms with van der Waals surface area (Å²) in [5.41, 5.74) is -0.0493. The molecular formula is C11H9ClFNO2. The minimum Gasteiger partial charge on any atom is -0.462 e. The van der Waals surface area contributed by atoms with Crippen LogP contribution in [-0.4, -0.2) is 12.6 Å². The molecule has 0 fully saturated rings. The van der Waals surface area contributed by atoms with Crippen molar-refractivity contribution in [2.75, 3.05) is 6.61 Å². The van der Waals surface area contributed by atoms with E-state index in [0.29, 0.717) is 0 Å². The lowest BCUT2D eigenvalue weighted by Crippen LogP contribution is -2.09. The molecule has 1 aromatic rings. The van der Waals surface area contributed by atoms with Crippen LogP contribution in [0.5, 0.6) is 0 Å². The average Bonchev–Trinajstić information content (AvgIpc) is 2.28. The number of hydrogen-bond donors (Lipinski definition) is 0. The molecule has 0 N–H and O–H groups in total. The number of rotatable bonds is 3. The van der Waals surface area contributed by atoms with E-state index < -0.39 is 11.8 Å². The van der Waals surface area contributed by atoms with Crippen molar-refractivity contribution in [3.05, 3.63) is 34.6 Å². The van der Waals surface area contributed by atoms with Crippen LogP contribution in [0.2, 0.25) is 0 Å². The molecule has 1 aromatic carbocycles. The summed E-state index contributed by atoms with van der Waals surface area (Å²) in [6.45, 7) is 1.79. The van der Waals surface area contributed by atoms with Crippen molar-refractivity contribution in [3.8, 4) is 6.07 Å². The third-order valence-corrected chi connectivity index (χ3v) is 2.26. The molecule has 0 unspecified atom stereocenters. The van der Waals surface area contributed by atoms with E-state index in [2.05, 4.69) is 4.74 Å². The quantitative estimate of drug-likeness (QED) is 0.604. The fraction of sp³-hybridized carbons (Fsp3) is 0.273. The van der Waals surface area contributed by atoms with Gasteiger partial charge < -0.3 is 4.74 Å². The maximum absolute atomic E-state index is 13.8. The van der Waals surface area contributed by atoms with Crippen LogP contribution in [0, 0.1) is 17.1 Å². The second kappa shape index (κ2) is 5.47. The van der Waals surface area contributed by atoms with E-state index in [9.17, 15) is 9.18 Å². The van der Waals surface area contributed by atoms with Gasteiger partial charge in [-0.1, -0.05) is 0 Å². The van der Waals surface area contributed by atoms with Crippen LogP contribution < -0.4 is 0 Å². The molecule has 5 heteroatoms. The summed E-state index contributed by atoms with van der Waals surface area (Å²) in [5, 5.41) is 8.72. The normalized spacial score (nSPS) is 9.62. The third kappa shape index (κ3) is 2.31. The Kier molecular flexibility index (Phi) is 4.27. The smallest absolute Gasteiger partial charge is 0.341 e. The highest BCUT2D eigenvalue weighted by Gasteiger charge is 2.18. The minimum absolute atomic E-state index is 0.0229. The first-order valence-corrected chi connectivity index (χ1v) is 5.13. The lowest BCUT2D eigenvalue weighted by molar-refractivity contribution is 0.0521. The molecule has 84 valence electrons. The number of carbonyl (C=O) groups excluding carboxylic acids is 1. The summed E-state index contributed by atoms with van der Waals surface area (Å²) in [4.78, 5) is 11.3. The van der Waals surface area contributed by atoms with Crippen molar-refractivity contribution in [1.82, 2.24) is 0 Å². The Morgan fingerprint density at radius 2 is 2.31 bits per heavy atom. The largest absolute Gasteiger partial charge is 0.462 e. The van der Waals surface area contributed by atoms with Crippen LogP contribution in [-0.2, 0) is 10.6 Å². The van der Waals surface area contributed by atoms with Crippen LogP contribution in [0.3, 0.4) is 0 Å². The van der Waals surface area contributed by atoms with E-state index in [0.717, 1.165) is 0 Å². The second-order valence-corrected chi connectivity index (χ2v) is 3.19. The highest BCUT2D eigenvalue weighted by Crippen LogP contribution is 2.20. The summed E-state index contributed by atoms with van der Waals surface area (Å²) < 4.78 is 18.4. The Hall–Kier alpha value is -1.60. The van der Waals surface area contributed by atoms with Gasteiger partial charge in [-0.2, -0.15) is 5.26 Å². The average molecular weight is 242 g/mol. The molecule has 16 heavy (non-hydrogen) atoms. The number of nitriles is 1. The molecular weight excluding hydrogens is 233 g/mol. The molecule has 0 amide bonds. The van der Waals surface area contributed by atoms with E-state index >= 15 is 0 Å². The monoisotopic (exact) mass is 241 g/mol. The molecule has 0 saturated heterocycles. The zero-order chi connectivity index (χ0) is 12.1. The van der Waals surface area contributed by atoms with Crippen molar-refractivity contribution in [1.29, 1.82) is 5.26 Å². The second-order valence-electron chi connectivity index (χ2n) is 2.92. The van der Waals surface area contributed by atoms with Gasteiger partial charge in [-0.05, 0) is 19.1 Å². The Morgan fingerprint density at radius 1 is 1.62 bits per heavy atom. The van der Waals surface area contributed by atoms with Gasteiger partial charge in [-0.15, -0.1) is 11.6 Å². The number of halogens is 2. The van der Waals surface area contributed by atoms with E-state index in [4.69, 9.17) is 16.9 Å². The molecule has 0 radical (unpaired) electrons. The van der Waals surface area contributed by atoms with Crippen molar-refractivity contribution >= 4 is 17.6 Å². The maximum atomic E-state index is 13.8. The number of hydrogen-bond acceptors (Lipinski definition) is 3. The van der Waals surface area contributed by atoms with Crippen LogP contribution in [0.1, 0.15) is 28.4 Å². The minimum atomic E-state index is -0.785. The van der Waals surface area contributed by atoms with Crippen molar-refractivity contribution in [3.63, 3.8) is 0 Å². The molecule has 0 aromatic heterocycles. The van der Waals surface area contributed by atoms with Crippen molar-refractivity contribution < 1.29 is 13.9 Å². The highest BCUT2D eigenvalue weighted by molar-refractivity contribution is 6.17. The Labute approximate surface area is 97.4 Å². The van der Waals surface area contributed by atoms with Gasteiger partial charge in [0.05, 0.1) is 29.7 Å². The van der Waals surface area contributed by atoms with Gasteiger partial charge in [0.25, 0.3) is 0 Å². The third-order valence-electron chi connectivity index (χ3n) is 1.99. The van der Waals surface area contributed by atoms with Crippen LogP contribution in [0.15, 0.2) is 12.1 Å². The molecule has 0 saturated carbocycles. The molecule has 0 aliphatic rings. The topological polar surface area (TPSA) is 50.1 Å². The summed E-state index contributed by atoms with van der Waals surface area (Å²) in [6.07, 6.45) is 0. The number of alkyl halides is 1. The number of carbonyl (C=O) groups is 1. The molecule has 0 spiro atoms. The summed E-state index contributed by atoms with van der Waals surface area (Å²) >= 11 is 5.53. The van der Waals surface area contributed by atoms with Gasteiger partial charge >= 0.3 is 5.97 Å². The van der Waals surface area contributed by atoms with Gasteiger partial charge in [0.15, 0.2) is 0 Å². The first kappa shape index (κ1) is 12.5. The number of esters is 1. The number of ether oxygens (including phenoxy) is 1. The molecule has 0 heterocycles. The summed E-state index contributed by atoms with van der Waals surface area (Å²) in [6, 6.07) is 4.39.